The van der Waals surface area contributed by atoms with E-state index in [1.54, 1.807) is 19.1 Å². The molecule has 0 fully saturated rings. The van der Waals surface area contributed by atoms with Gasteiger partial charge in [0.15, 0.2) is 0 Å². The molecule has 4 nitrogen and oxygen atoms in total. The number of rotatable bonds is 9. The maximum Gasteiger partial charge on any atom is 0.343 e. The molecule has 4 heteroatoms. The Hall–Kier alpha value is -2.62. The lowest BCUT2D eigenvalue weighted by atomic mass is 9.91. The minimum absolute atomic E-state index is 0.0756. The topological polar surface area (TPSA) is 52.6 Å². The lowest BCUT2D eigenvalue weighted by molar-refractivity contribution is -0.142. The van der Waals surface area contributed by atoms with Crippen LogP contribution < -0.4 is 4.74 Å². The summed E-state index contributed by atoms with van der Waals surface area (Å²) >= 11 is 0. The number of ether oxygens (including phenoxy) is 2. The molecule has 2 aromatic rings. The molecule has 30 heavy (non-hydrogen) atoms. The molecule has 162 valence electrons. The van der Waals surface area contributed by atoms with Gasteiger partial charge in [-0.15, -0.1) is 0 Å². The molecule has 0 aromatic heterocycles. The van der Waals surface area contributed by atoms with E-state index in [2.05, 4.69) is 40.7 Å². The number of hydrogen-bond acceptors (Lipinski definition) is 4. The number of aryl methyl sites for hydroxylation is 1. The largest absolute Gasteiger partial charge is 0.466 e. The van der Waals surface area contributed by atoms with Crippen LogP contribution in [0.5, 0.6) is 5.75 Å². The summed E-state index contributed by atoms with van der Waals surface area (Å²) in [4.78, 5) is 25.1. The summed E-state index contributed by atoms with van der Waals surface area (Å²) in [5.41, 5.74) is 4.43. The van der Waals surface area contributed by atoms with Crippen molar-refractivity contribution in [1.29, 1.82) is 0 Å². The van der Waals surface area contributed by atoms with Crippen molar-refractivity contribution in [3.8, 4) is 5.75 Å². The number of benzene rings is 2. The van der Waals surface area contributed by atoms with Crippen molar-refractivity contribution >= 4 is 11.9 Å². The first-order valence-electron chi connectivity index (χ1n) is 10.9. The molecular weight excluding hydrogens is 376 g/mol. The van der Waals surface area contributed by atoms with Gasteiger partial charge in [0.2, 0.25) is 0 Å². The normalized spacial score (nSPS) is 11.1. The van der Waals surface area contributed by atoms with Crippen LogP contribution in [0.15, 0.2) is 36.4 Å². The van der Waals surface area contributed by atoms with Crippen molar-refractivity contribution in [2.24, 2.45) is 0 Å². The van der Waals surface area contributed by atoms with Gasteiger partial charge in [-0.25, -0.2) is 4.79 Å². The van der Waals surface area contributed by atoms with E-state index in [9.17, 15) is 9.59 Å². The van der Waals surface area contributed by atoms with E-state index in [1.807, 2.05) is 18.2 Å². The number of hydrogen-bond donors (Lipinski definition) is 0. The highest BCUT2D eigenvalue weighted by atomic mass is 16.5. The Morgan fingerprint density at radius 3 is 2.13 bits per heavy atom. The third kappa shape index (κ3) is 6.19. The Kier molecular flexibility index (Phi) is 8.64. The fraction of sp³-hybridized carbons (Fsp3) is 0.462. The molecule has 2 rings (SSSR count). The van der Waals surface area contributed by atoms with Crippen LogP contribution >= 0.6 is 0 Å². The van der Waals surface area contributed by atoms with Gasteiger partial charge in [-0.2, -0.15) is 0 Å². The molecule has 2 aromatic carbocycles. The molecule has 0 unspecified atom stereocenters. The van der Waals surface area contributed by atoms with Crippen LogP contribution in [0.2, 0.25) is 0 Å². The second kappa shape index (κ2) is 11.0. The third-order valence-electron chi connectivity index (χ3n) is 5.07. The maximum atomic E-state index is 12.9. The van der Waals surface area contributed by atoms with Crippen LogP contribution in [0, 0.1) is 0 Å². The van der Waals surface area contributed by atoms with E-state index >= 15 is 0 Å². The lowest BCUT2D eigenvalue weighted by Crippen LogP contribution is -2.15. The van der Waals surface area contributed by atoms with Gasteiger partial charge in [-0.3, -0.25) is 4.79 Å². The van der Waals surface area contributed by atoms with E-state index in [-0.39, 0.29) is 18.3 Å². The van der Waals surface area contributed by atoms with E-state index in [0.29, 0.717) is 29.4 Å². The fourth-order valence-corrected chi connectivity index (χ4v) is 3.37. The first-order valence-corrected chi connectivity index (χ1v) is 10.9. The van der Waals surface area contributed by atoms with Crippen LogP contribution in [0.4, 0.5) is 0 Å². The molecule has 0 saturated heterocycles. The molecule has 0 amide bonds. The molecule has 0 N–H and O–H groups in total. The zero-order valence-corrected chi connectivity index (χ0v) is 19.1. The first-order chi connectivity index (χ1) is 14.3. The minimum Gasteiger partial charge on any atom is -0.466 e. The smallest absolute Gasteiger partial charge is 0.343 e. The van der Waals surface area contributed by atoms with Gasteiger partial charge in [-0.1, -0.05) is 65.3 Å². The van der Waals surface area contributed by atoms with Crippen molar-refractivity contribution in [2.75, 3.05) is 6.61 Å². The Morgan fingerprint density at radius 2 is 1.60 bits per heavy atom. The highest BCUT2D eigenvalue weighted by Gasteiger charge is 2.22. The molecule has 0 saturated carbocycles. The third-order valence-corrected chi connectivity index (χ3v) is 5.07. The Morgan fingerprint density at radius 1 is 0.933 bits per heavy atom. The molecule has 0 spiro atoms. The summed E-state index contributed by atoms with van der Waals surface area (Å²) in [6, 6.07) is 11.6. The Labute approximate surface area is 180 Å². The second-order valence-corrected chi connectivity index (χ2v) is 8.23. The Bertz CT molecular complexity index is 863. The fourth-order valence-electron chi connectivity index (χ4n) is 3.37. The summed E-state index contributed by atoms with van der Waals surface area (Å²) < 4.78 is 11.0. The van der Waals surface area contributed by atoms with Gasteiger partial charge in [0.25, 0.3) is 0 Å². The summed E-state index contributed by atoms with van der Waals surface area (Å²) in [6.07, 6.45) is 2.11. The van der Waals surface area contributed by atoms with Gasteiger partial charge in [-0.05, 0) is 54.0 Å². The predicted molar refractivity (Wildman–Crippen MR) is 120 cm³/mol. The van der Waals surface area contributed by atoms with E-state index in [1.165, 1.54) is 5.56 Å². The van der Waals surface area contributed by atoms with Crippen molar-refractivity contribution in [2.45, 2.75) is 72.6 Å². The van der Waals surface area contributed by atoms with Gasteiger partial charge in [0, 0.05) is 5.56 Å². The van der Waals surface area contributed by atoms with Crippen LogP contribution in [-0.2, 0) is 22.4 Å². The molecule has 0 heterocycles. The number of esters is 2. The van der Waals surface area contributed by atoms with Gasteiger partial charge >= 0.3 is 11.9 Å². The van der Waals surface area contributed by atoms with Gasteiger partial charge in [0.05, 0.1) is 18.6 Å². The maximum absolute atomic E-state index is 12.9. The highest BCUT2D eigenvalue weighted by Crippen LogP contribution is 2.35. The summed E-state index contributed by atoms with van der Waals surface area (Å²) in [7, 11) is 0. The van der Waals surface area contributed by atoms with Crippen molar-refractivity contribution in [3.05, 3.63) is 64.2 Å². The molecule has 0 bridgehead atoms. The van der Waals surface area contributed by atoms with Crippen molar-refractivity contribution < 1.29 is 19.1 Å². The van der Waals surface area contributed by atoms with Gasteiger partial charge in [0.1, 0.15) is 5.75 Å². The molecule has 0 aliphatic carbocycles. The first kappa shape index (κ1) is 23.7. The van der Waals surface area contributed by atoms with E-state index in [4.69, 9.17) is 9.47 Å². The van der Waals surface area contributed by atoms with Crippen LogP contribution in [0.25, 0.3) is 0 Å². The number of carbonyl (C=O) groups is 2. The summed E-state index contributed by atoms with van der Waals surface area (Å²) in [5, 5.41) is 0. The zero-order valence-electron chi connectivity index (χ0n) is 19.1. The Balaban J connectivity index is 2.44. The van der Waals surface area contributed by atoms with Crippen LogP contribution in [0.3, 0.4) is 0 Å². The van der Waals surface area contributed by atoms with E-state index < -0.39 is 5.97 Å². The van der Waals surface area contributed by atoms with Crippen molar-refractivity contribution in [3.63, 3.8) is 0 Å². The van der Waals surface area contributed by atoms with Gasteiger partial charge < -0.3 is 9.47 Å². The monoisotopic (exact) mass is 410 g/mol. The SMILES string of the molecule is CCCc1ccc(C(=O)Oc2c(CC(=O)OCC)cc(C(C)C)cc2C(C)C)cc1. The molecule has 0 atom stereocenters. The molecular formula is C26H34O4. The predicted octanol–water partition coefficient (Wildman–Crippen LogP) is 6.21. The summed E-state index contributed by atoms with van der Waals surface area (Å²) in [5.74, 6) is 0.167. The minimum atomic E-state index is -0.414. The summed E-state index contributed by atoms with van der Waals surface area (Å²) in [6.45, 7) is 12.6. The molecule has 0 radical (unpaired) electrons. The van der Waals surface area contributed by atoms with Crippen LogP contribution in [0.1, 0.15) is 92.4 Å². The van der Waals surface area contributed by atoms with Crippen LogP contribution in [-0.4, -0.2) is 18.5 Å². The average molecular weight is 411 g/mol. The average Bonchev–Trinajstić information content (AvgIpc) is 2.69. The highest BCUT2D eigenvalue weighted by molar-refractivity contribution is 5.91. The lowest BCUT2D eigenvalue weighted by Gasteiger charge is -2.20. The van der Waals surface area contributed by atoms with Crippen molar-refractivity contribution in [1.82, 2.24) is 0 Å². The van der Waals surface area contributed by atoms with E-state index in [0.717, 1.165) is 24.0 Å². The second-order valence-electron chi connectivity index (χ2n) is 8.23. The molecule has 0 aliphatic heterocycles. The number of carbonyl (C=O) groups excluding carboxylic acids is 2. The molecule has 0 aliphatic rings. The standard InChI is InChI=1S/C26H34O4/c1-7-9-19-10-12-20(13-11-19)26(28)30-25-22(16-24(27)29-8-2)14-21(17(3)4)15-23(25)18(5)6/h10-15,17-18H,7-9,16H2,1-6H3. The quantitative estimate of drug-likeness (QED) is 0.364. The zero-order chi connectivity index (χ0) is 22.3.